The third-order valence-corrected chi connectivity index (χ3v) is 3.82. The molecule has 0 aromatic rings. The molecule has 0 spiro atoms. The number of hydrogen-bond acceptors (Lipinski definition) is 5. The molecule has 5 nitrogen and oxygen atoms in total. The first-order valence-corrected chi connectivity index (χ1v) is 5.39. The molecular weight excluding hydrogens is 212 g/mol. The molecule has 0 N–H and O–H groups in total. The third-order valence-electron chi connectivity index (χ3n) is 3.82. The molecule has 1 aliphatic carbocycles. The van der Waals surface area contributed by atoms with Gasteiger partial charge in [0.2, 0.25) is 0 Å². The van der Waals surface area contributed by atoms with E-state index in [0.717, 1.165) is 0 Å². The van der Waals surface area contributed by atoms with E-state index in [0.29, 0.717) is 25.7 Å². The Balaban J connectivity index is 2.14. The molecule has 3 fully saturated rings. The summed E-state index contributed by atoms with van der Waals surface area (Å²) in [5.74, 6) is -0.559. The number of carbonyl (C=O) groups is 2. The SMILES string of the molecule is COC(=O)C12CCC(C(=O)OC)(CC1)OC2. The largest absolute Gasteiger partial charge is 0.469 e. The lowest BCUT2D eigenvalue weighted by Crippen LogP contribution is -2.58. The van der Waals surface area contributed by atoms with Crippen LogP contribution in [0.3, 0.4) is 0 Å². The summed E-state index contributed by atoms with van der Waals surface area (Å²) in [4.78, 5) is 23.3. The molecule has 5 heteroatoms. The lowest BCUT2D eigenvalue weighted by Gasteiger charge is -2.49. The molecule has 3 rings (SSSR count). The fourth-order valence-electron chi connectivity index (χ4n) is 2.63. The normalized spacial score (nSPS) is 36.9. The zero-order valence-electron chi connectivity index (χ0n) is 9.58. The molecule has 3 aliphatic rings. The Morgan fingerprint density at radius 1 is 1.00 bits per heavy atom. The second kappa shape index (κ2) is 3.73. The summed E-state index contributed by atoms with van der Waals surface area (Å²) in [7, 11) is 2.74. The predicted molar refractivity (Wildman–Crippen MR) is 53.6 cm³/mol. The van der Waals surface area contributed by atoms with Gasteiger partial charge >= 0.3 is 11.9 Å². The quantitative estimate of drug-likeness (QED) is 0.650. The van der Waals surface area contributed by atoms with Crippen molar-refractivity contribution in [3.05, 3.63) is 0 Å². The van der Waals surface area contributed by atoms with E-state index in [4.69, 9.17) is 14.2 Å². The van der Waals surface area contributed by atoms with Gasteiger partial charge in [0.15, 0.2) is 5.60 Å². The molecule has 0 aromatic heterocycles. The molecule has 2 aliphatic heterocycles. The van der Waals surface area contributed by atoms with E-state index < -0.39 is 11.0 Å². The van der Waals surface area contributed by atoms with Crippen LogP contribution in [0.2, 0.25) is 0 Å². The average molecular weight is 228 g/mol. The van der Waals surface area contributed by atoms with Crippen LogP contribution in [-0.2, 0) is 23.8 Å². The van der Waals surface area contributed by atoms with Crippen molar-refractivity contribution in [3.8, 4) is 0 Å². The van der Waals surface area contributed by atoms with Crippen LogP contribution in [0.5, 0.6) is 0 Å². The van der Waals surface area contributed by atoms with Gasteiger partial charge in [-0.05, 0) is 25.7 Å². The number of ether oxygens (including phenoxy) is 3. The number of rotatable bonds is 2. The fraction of sp³-hybridized carbons (Fsp3) is 0.818. The standard InChI is InChI=1S/C11H16O5/c1-14-8(12)10-3-5-11(6-4-10,16-7-10)9(13)15-2/h3-7H2,1-2H3. The lowest BCUT2D eigenvalue weighted by atomic mass is 9.66. The smallest absolute Gasteiger partial charge is 0.338 e. The second-order valence-electron chi connectivity index (χ2n) is 4.55. The Hall–Kier alpha value is -1.10. The fourth-order valence-corrected chi connectivity index (χ4v) is 2.63. The summed E-state index contributed by atoms with van der Waals surface area (Å²) in [6.45, 7) is 0.259. The zero-order valence-corrected chi connectivity index (χ0v) is 9.58. The van der Waals surface area contributed by atoms with Crippen molar-refractivity contribution in [3.63, 3.8) is 0 Å². The summed E-state index contributed by atoms with van der Waals surface area (Å²) < 4.78 is 15.1. The van der Waals surface area contributed by atoms with Gasteiger partial charge < -0.3 is 14.2 Å². The van der Waals surface area contributed by atoms with Crippen molar-refractivity contribution in [1.82, 2.24) is 0 Å². The number of methoxy groups -OCH3 is 2. The monoisotopic (exact) mass is 228 g/mol. The Labute approximate surface area is 94.0 Å². The number of fused-ring (bicyclic) bond motifs is 3. The van der Waals surface area contributed by atoms with Gasteiger partial charge in [-0.2, -0.15) is 0 Å². The van der Waals surface area contributed by atoms with E-state index in [1.807, 2.05) is 0 Å². The minimum Gasteiger partial charge on any atom is -0.469 e. The molecule has 2 bridgehead atoms. The maximum atomic E-state index is 11.7. The summed E-state index contributed by atoms with van der Waals surface area (Å²) in [5.41, 5.74) is -1.35. The van der Waals surface area contributed by atoms with Crippen LogP contribution in [0.15, 0.2) is 0 Å². The topological polar surface area (TPSA) is 61.8 Å². The van der Waals surface area contributed by atoms with E-state index in [9.17, 15) is 9.59 Å². The van der Waals surface area contributed by atoms with Gasteiger partial charge in [-0.15, -0.1) is 0 Å². The molecule has 2 heterocycles. The van der Waals surface area contributed by atoms with Crippen molar-refractivity contribution < 1.29 is 23.8 Å². The Kier molecular flexibility index (Phi) is 2.66. The highest BCUT2D eigenvalue weighted by Crippen LogP contribution is 2.49. The maximum Gasteiger partial charge on any atom is 0.338 e. The van der Waals surface area contributed by atoms with Crippen molar-refractivity contribution in [2.75, 3.05) is 20.8 Å². The summed E-state index contributed by atoms with van der Waals surface area (Å²) in [6.07, 6.45) is 2.34. The Morgan fingerprint density at radius 2 is 1.56 bits per heavy atom. The van der Waals surface area contributed by atoms with E-state index in [-0.39, 0.29) is 18.5 Å². The molecular formula is C11H16O5. The van der Waals surface area contributed by atoms with Gasteiger partial charge in [0.1, 0.15) is 0 Å². The minimum atomic E-state index is -0.815. The van der Waals surface area contributed by atoms with E-state index in [1.54, 1.807) is 0 Å². The molecule has 1 saturated carbocycles. The van der Waals surface area contributed by atoms with Crippen LogP contribution in [-0.4, -0.2) is 38.4 Å². The molecule has 0 atom stereocenters. The van der Waals surface area contributed by atoms with Gasteiger partial charge in [-0.25, -0.2) is 4.79 Å². The molecule has 0 amide bonds. The van der Waals surface area contributed by atoms with Crippen LogP contribution in [0.25, 0.3) is 0 Å². The Bertz CT molecular complexity index is 266. The molecule has 2 saturated heterocycles. The first kappa shape index (κ1) is 11.4. The highest BCUT2D eigenvalue weighted by Gasteiger charge is 2.58. The van der Waals surface area contributed by atoms with E-state index in [1.165, 1.54) is 14.2 Å². The molecule has 0 aromatic carbocycles. The number of hydrogen-bond donors (Lipinski definition) is 0. The second-order valence-corrected chi connectivity index (χ2v) is 4.55. The van der Waals surface area contributed by atoms with Gasteiger partial charge in [-0.1, -0.05) is 0 Å². The highest BCUT2D eigenvalue weighted by atomic mass is 16.6. The van der Waals surface area contributed by atoms with Gasteiger partial charge in [0.25, 0.3) is 0 Å². The van der Waals surface area contributed by atoms with Crippen molar-refractivity contribution in [1.29, 1.82) is 0 Å². The molecule has 16 heavy (non-hydrogen) atoms. The van der Waals surface area contributed by atoms with Gasteiger partial charge in [0, 0.05) is 0 Å². The first-order valence-electron chi connectivity index (χ1n) is 5.39. The third kappa shape index (κ3) is 1.42. The summed E-state index contributed by atoms with van der Waals surface area (Å²) in [6, 6.07) is 0. The van der Waals surface area contributed by atoms with Crippen LogP contribution in [0, 0.1) is 5.41 Å². The lowest BCUT2D eigenvalue weighted by molar-refractivity contribution is -0.217. The summed E-state index contributed by atoms with van der Waals surface area (Å²) in [5, 5.41) is 0. The van der Waals surface area contributed by atoms with Crippen LogP contribution in [0.1, 0.15) is 25.7 Å². The van der Waals surface area contributed by atoms with Crippen LogP contribution < -0.4 is 0 Å². The molecule has 0 unspecified atom stereocenters. The van der Waals surface area contributed by atoms with Crippen molar-refractivity contribution >= 4 is 11.9 Å². The van der Waals surface area contributed by atoms with Crippen LogP contribution >= 0.6 is 0 Å². The molecule has 90 valence electrons. The van der Waals surface area contributed by atoms with Gasteiger partial charge in [-0.3, -0.25) is 4.79 Å². The Morgan fingerprint density at radius 3 is 1.94 bits per heavy atom. The van der Waals surface area contributed by atoms with Crippen molar-refractivity contribution in [2.45, 2.75) is 31.3 Å². The number of carbonyl (C=O) groups excluding carboxylic acids is 2. The number of esters is 2. The minimum absolute atomic E-state index is 0.231. The summed E-state index contributed by atoms with van der Waals surface area (Å²) >= 11 is 0. The molecule has 0 radical (unpaired) electrons. The van der Waals surface area contributed by atoms with Crippen molar-refractivity contribution in [2.24, 2.45) is 5.41 Å². The maximum absolute atomic E-state index is 11.7. The van der Waals surface area contributed by atoms with Gasteiger partial charge in [0.05, 0.1) is 26.2 Å². The zero-order chi connectivity index (χ0) is 11.8. The average Bonchev–Trinajstić information content (AvgIpc) is 2.38. The van der Waals surface area contributed by atoms with E-state index in [2.05, 4.69) is 0 Å². The highest BCUT2D eigenvalue weighted by molar-refractivity contribution is 5.83. The van der Waals surface area contributed by atoms with Crippen LogP contribution in [0.4, 0.5) is 0 Å². The predicted octanol–water partition coefficient (Wildman–Crippen LogP) is 0.662. The first-order chi connectivity index (χ1) is 7.58. The van der Waals surface area contributed by atoms with E-state index >= 15 is 0 Å².